The van der Waals surface area contributed by atoms with Crippen LogP contribution in [-0.2, 0) is 15.9 Å². The molecule has 2 fully saturated rings. The van der Waals surface area contributed by atoms with Gasteiger partial charge in [-0.3, -0.25) is 4.79 Å². The van der Waals surface area contributed by atoms with E-state index in [0.29, 0.717) is 57.1 Å². The maximum absolute atomic E-state index is 14.3. The molecule has 1 aromatic heterocycles. The SMILES string of the molecule is CC(C)(C)OC(=O)N1CCN(C(=O)c2ncn([C@H]3COCC[C@@H]3O)c2-c2ccccc2)[C@H](Cc2ccccc2)C1. The van der Waals surface area contributed by atoms with Gasteiger partial charge in [0.25, 0.3) is 5.91 Å². The maximum atomic E-state index is 14.3. The largest absolute Gasteiger partial charge is 0.444 e. The number of rotatable bonds is 5. The van der Waals surface area contributed by atoms with Gasteiger partial charge in [-0.25, -0.2) is 9.78 Å². The molecule has 9 nitrogen and oxygen atoms in total. The molecule has 0 spiro atoms. The molecule has 0 saturated carbocycles. The number of aromatic nitrogens is 2. The van der Waals surface area contributed by atoms with Gasteiger partial charge in [-0.15, -0.1) is 0 Å². The van der Waals surface area contributed by atoms with E-state index < -0.39 is 11.7 Å². The molecule has 3 aromatic rings. The molecule has 2 aliphatic rings. The van der Waals surface area contributed by atoms with Gasteiger partial charge in [0, 0.05) is 31.8 Å². The van der Waals surface area contributed by atoms with Crippen LogP contribution in [-0.4, -0.2) is 87.1 Å². The molecule has 0 unspecified atom stereocenters. The van der Waals surface area contributed by atoms with Crippen molar-refractivity contribution in [3.05, 3.63) is 78.2 Å². The molecule has 1 N–H and O–H groups in total. The Hall–Kier alpha value is -3.69. The first-order valence-electron chi connectivity index (χ1n) is 13.9. The van der Waals surface area contributed by atoms with Crippen LogP contribution in [0.4, 0.5) is 4.79 Å². The second kappa shape index (κ2) is 11.8. The minimum Gasteiger partial charge on any atom is -0.444 e. The molecule has 2 saturated heterocycles. The second-order valence-electron chi connectivity index (χ2n) is 11.5. The van der Waals surface area contributed by atoms with Crippen LogP contribution >= 0.6 is 0 Å². The van der Waals surface area contributed by atoms with Crippen molar-refractivity contribution in [1.29, 1.82) is 0 Å². The van der Waals surface area contributed by atoms with Gasteiger partial charge in [0.2, 0.25) is 0 Å². The van der Waals surface area contributed by atoms with Gasteiger partial charge in [0.15, 0.2) is 5.69 Å². The lowest BCUT2D eigenvalue weighted by atomic mass is 10.0. The highest BCUT2D eigenvalue weighted by Crippen LogP contribution is 2.32. The highest BCUT2D eigenvalue weighted by molar-refractivity contribution is 5.98. The molecule has 9 heteroatoms. The summed E-state index contributed by atoms with van der Waals surface area (Å²) >= 11 is 0. The zero-order valence-electron chi connectivity index (χ0n) is 23.4. The molecular weight excluding hydrogens is 508 g/mol. The van der Waals surface area contributed by atoms with E-state index in [4.69, 9.17) is 9.47 Å². The van der Waals surface area contributed by atoms with E-state index in [1.807, 2.05) is 90.9 Å². The summed E-state index contributed by atoms with van der Waals surface area (Å²) in [5.41, 5.74) is 2.30. The highest BCUT2D eigenvalue weighted by atomic mass is 16.6. The lowest BCUT2D eigenvalue weighted by Crippen LogP contribution is -2.58. The Labute approximate surface area is 235 Å². The number of ether oxygens (including phenoxy) is 2. The third kappa shape index (κ3) is 6.21. The summed E-state index contributed by atoms with van der Waals surface area (Å²) in [6, 6.07) is 19.0. The highest BCUT2D eigenvalue weighted by Gasteiger charge is 2.38. The third-order valence-electron chi connectivity index (χ3n) is 7.40. The maximum Gasteiger partial charge on any atom is 0.410 e. The van der Waals surface area contributed by atoms with E-state index in [0.717, 1.165) is 11.1 Å². The Kier molecular flexibility index (Phi) is 8.23. The summed E-state index contributed by atoms with van der Waals surface area (Å²) < 4.78 is 13.2. The normalized spacial score (nSPS) is 21.8. The summed E-state index contributed by atoms with van der Waals surface area (Å²) in [7, 11) is 0. The number of aliphatic hydroxyl groups excluding tert-OH is 1. The molecule has 2 aliphatic heterocycles. The first kappa shape index (κ1) is 27.9. The van der Waals surface area contributed by atoms with E-state index in [1.165, 1.54) is 0 Å². The molecule has 40 heavy (non-hydrogen) atoms. The summed E-state index contributed by atoms with van der Waals surface area (Å²) in [6.45, 7) is 7.46. The Morgan fingerprint density at radius 3 is 2.42 bits per heavy atom. The fraction of sp³-hybridized carbons (Fsp3) is 0.452. The minimum atomic E-state index is -0.607. The van der Waals surface area contributed by atoms with Crippen molar-refractivity contribution < 1.29 is 24.2 Å². The van der Waals surface area contributed by atoms with Gasteiger partial charge in [0.1, 0.15) is 5.60 Å². The van der Waals surface area contributed by atoms with Gasteiger partial charge < -0.3 is 28.9 Å². The van der Waals surface area contributed by atoms with Crippen molar-refractivity contribution in [3.63, 3.8) is 0 Å². The van der Waals surface area contributed by atoms with Crippen LogP contribution in [0.15, 0.2) is 67.0 Å². The van der Waals surface area contributed by atoms with Gasteiger partial charge in [-0.1, -0.05) is 60.7 Å². The van der Waals surface area contributed by atoms with Crippen molar-refractivity contribution in [1.82, 2.24) is 19.4 Å². The number of amides is 2. The zero-order valence-corrected chi connectivity index (χ0v) is 23.4. The lowest BCUT2D eigenvalue weighted by molar-refractivity contribution is -0.0286. The first-order valence-corrected chi connectivity index (χ1v) is 13.9. The average molecular weight is 547 g/mol. The summed E-state index contributed by atoms with van der Waals surface area (Å²) in [5, 5.41) is 10.8. The van der Waals surface area contributed by atoms with Crippen LogP contribution in [0, 0.1) is 0 Å². The molecule has 0 radical (unpaired) electrons. The fourth-order valence-corrected chi connectivity index (χ4v) is 5.44. The molecule has 3 heterocycles. The number of benzene rings is 2. The molecule has 5 rings (SSSR count). The van der Waals surface area contributed by atoms with Gasteiger partial charge >= 0.3 is 6.09 Å². The molecule has 2 aromatic carbocycles. The number of carbonyl (C=O) groups is 2. The second-order valence-corrected chi connectivity index (χ2v) is 11.5. The number of carbonyl (C=O) groups excluding carboxylic acids is 2. The number of aliphatic hydroxyl groups is 1. The van der Waals surface area contributed by atoms with Crippen molar-refractivity contribution in [3.8, 4) is 11.3 Å². The van der Waals surface area contributed by atoms with Crippen LogP contribution in [0.2, 0.25) is 0 Å². The van der Waals surface area contributed by atoms with E-state index in [9.17, 15) is 14.7 Å². The van der Waals surface area contributed by atoms with Crippen LogP contribution in [0.3, 0.4) is 0 Å². The summed E-state index contributed by atoms with van der Waals surface area (Å²) in [5.74, 6) is -0.200. The van der Waals surface area contributed by atoms with Crippen LogP contribution in [0.1, 0.15) is 49.3 Å². The smallest absolute Gasteiger partial charge is 0.410 e. The fourth-order valence-electron chi connectivity index (χ4n) is 5.44. The first-order chi connectivity index (χ1) is 19.2. The quantitative estimate of drug-likeness (QED) is 0.516. The summed E-state index contributed by atoms with van der Waals surface area (Å²) in [4.78, 5) is 35.4. The van der Waals surface area contributed by atoms with Gasteiger partial charge in [0.05, 0.1) is 36.8 Å². The predicted octanol–water partition coefficient (Wildman–Crippen LogP) is 4.18. The minimum absolute atomic E-state index is 0.200. The Balaban J connectivity index is 1.48. The molecule has 3 atom stereocenters. The van der Waals surface area contributed by atoms with Gasteiger partial charge in [-0.05, 0) is 39.2 Å². The molecule has 2 amide bonds. The van der Waals surface area contributed by atoms with E-state index >= 15 is 0 Å². The molecular formula is C31H38N4O5. The van der Waals surface area contributed by atoms with E-state index in [-0.39, 0.29) is 24.1 Å². The van der Waals surface area contributed by atoms with Crippen molar-refractivity contribution in [2.24, 2.45) is 0 Å². The number of hydrogen-bond donors (Lipinski definition) is 1. The molecule has 0 aliphatic carbocycles. The Morgan fingerprint density at radius 1 is 1.05 bits per heavy atom. The third-order valence-corrected chi connectivity index (χ3v) is 7.40. The predicted molar refractivity (Wildman–Crippen MR) is 151 cm³/mol. The monoisotopic (exact) mass is 546 g/mol. The number of nitrogens with zero attached hydrogens (tertiary/aromatic N) is 4. The standard InChI is InChI=1S/C31H38N4O5/c1-31(2,3)40-30(38)33-15-16-34(24(19-33)18-22-10-6-4-7-11-22)29(37)27-28(23-12-8-5-9-13-23)35(21-32-27)25-20-39-17-14-26(25)36/h4-13,21,24-26,36H,14-20H2,1-3H3/t24-,25+,26+/m1/s1. The van der Waals surface area contributed by atoms with Crippen LogP contribution in [0.5, 0.6) is 0 Å². The van der Waals surface area contributed by atoms with Crippen LogP contribution < -0.4 is 0 Å². The molecule has 0 bridgehead atoms. The Bertz CT molecular complexity index is 1300. The number of piperazine rings is 1. The Morgan fingerprint density at radius 2 is 1.75 bits per heavy atom. The average Bonchev–Trinajstić information content (AvgIpc) is 3.38. The van der Waals surface area contributed by atoms with Crippen molar-refractivity contribution >= 4 is 12.0 Å². The van der Waals surface area contributed by atoms with Crippen LogP contribution in [0.25, 0.3) is 11.3 Å². The zero-order chi connectivity index (χ0) is 28.3. The number of imidazole rings is 1. The van der Waals surface area contributed by atoms with E-state index in [1.54, 1.807) is 11.2 Å². The topological polar surface area (TPSA) is 97.1 Å². The van der Waals surface area contributed by atoms with E-state index in [2.05, 4.69) is 4.98 Å². The van der Waals surface area contributed by atoms with Crippen molar-refractivity contribution in [2.75, 3.05) is 32.8 Å². The lowest BCUT2D eigenvalue weighted by Gasteiger charge is -2.41. The number of hydrogen-bond acceptors (Lipinski definition) is 6. The molecule has 212 valence electrons. The van der Waals surface area contributed by atoms with Crippen molar-refractivity contribution in [2.45, 2.75) is 57.4 Å². The summed E-state index contributed by atoms with van der Waals surface area (Å²) in [6.07, 6.45) is 1.77. The van der Waals surface area contributed by atoms with Gasteiger partial charge in [-0.2, -0.15) is 0 Å².